The first kappa shape index (κ1) is 27.8. The fourth-order valence-electron chi connectivity index (χ4n) is 4.38. The molecule has 0 bridgehead atoms. The van der Waals surface area contributed by atoms with Gasteiger partial charge in [-0.15, -0.1) is 6.58 Å². The van der Waals surface area contributed by atoms with Crippen LogP contribution in [0.3, 0.4) is 0 Å². The molecule has 10 heteroatoms. The lowest BCUT2D eigenvalue weighted by Crippen LogP contribution is -2.44. The summed E-state index contributed by atoms with van der Waals surface area (Å²) in [5.41, 5.74) is 1.11. The molecule has 0 spiro atoms. The molecule has 0 aliphatic carbocycles. The minimum atomic E-state index is -0.386. The van der Waals surface area contributed by atoms with Crippen molar-refractivity contribution in [3.05, 3.63) is 112 Å². The Balaban J connectivity index is 1.39. The number of benzene rings is 3. The van der Waals surface area contributed by atoms with Crippen LogP contribution >= 0.6 is 11.6 Å². The highest BCUT2D eigenvalue weighted by Crippen LogP contribution is 2.33. The van der Waals surface area contributed by atoms with Crippen molar-refractivity contribution < 1.29 is 28.2 Å². The largest absolute Gasteiger partial charge is 0.484 e. The number of amides is 2. The van der Waals surface area contributed by atoms with Crippen LogP contribution in [0.5, 0.6) is 17.2 Å². The van der Waals surface area contributed by atoms with Crippen LogP contribution in [0.25, 0.3) is 11.0 Å². The van der Waals surface area contributed by atoms with Crippen molar-refractivity contribution in [2.75, 3.05) is 26.5 Å². The summed E-state index contributed by atoms with van der Waals surface area (Å²) in [6.07, 6.45) is 2.89. The molecule has 1 aromatic heterocycles. The first-order valence-corrected chi connectivity index (χ1v) is 13.2. The van der Waals surface area contributed by atoms with E-state index in [-0.39, 0.29) is 62.4 Å². The van der Waals surface area contributed by atoms with Crippen molar-refractivity contribution in [2.45, 2.75) is 13.1 Å². The number of halogens is 1. The fraction of sp³-hybridized carbons (Fsp3) is 0.194. The summed E-state index contributed by atoms with van der Waals surface area (Å²) in [7, 11) is 0. The number of para-hydroxylation sites is 1. The third kappa shape index (κ3) is 6.70. The van der Waals surface area contributed by atoms with Crippen molar-refractivity contribution >= 4 is 34.4 Å². The SMILES string of the molecule is C=CCN(CC(=O)N(Cc1ccc2c(c1)OCO2)Cc1coc2ccc(Cl)cc2c1=O)C(=O)COc1ccccc1. The van der Waals surface area contributed by atoms with Gasteiger partial charge in [-0.2, -0.15) is 0 Å². The predicted molar refractivity (Wildman–Crippen MR) is 153 cm³/mol. The molecule has 5 rings (SSSR count). The van der Waals surface area contributed by atoms with Gasteiger partial charge in [0.1, 0.15) is 17.9 Å². The number of hydrogen-bond acceptors (Lipinski definition) is 7. The first-order chi connectivity index (χ1) is 19.9. The number of rotatable bonds is 11. The zero-order chi connectivity index (χ0) is 28.8. The molecule has 0 atom stereocenters. The fourth-order valence-corrected chi connectivity index (χ4v) is 4.55. The van der Waals surface area contributed by atoms with Gasteiger partial charge in [0.25, 0.3) is 5.91 Å². The topological polar surface area (TPSA) is 98.5 Å². The number of ether oxygens (including phenoxy) is 3. The van der Waals surface area contributed by atoms with Crippen LogP contribution in [-0.2, 0) is 22.7 Å². The summed E-state index contributed by atoms with van der Waals surface area (Å²) >= 11 is 6.11. The lowest BCUT2D eigenvalue weighted by molar-refractivity contribution is -0.141. The zero-order valence-corrected chi connectivity index (χ0v) is 22.8. The van der Waals surface area contributed by atoms with Gasteiger partial charge in [0.2, 0.25) is 12.7 Å². The lowest BCUT2D eigenvalue weighted by Gasteiger charge is -2.27. The normalized spacial score (nSPS) is 11.7. The van der Waals surface area contributed by atoms with E-state index in [1.807, 2.05) is 12.1 Å². The van der Waals surface area contributed by atoms with Gasteiger partial charge in [0, 0.05) is 18.1 Å². The lowest BCUT2D eigenvalue weighted by atomic mass is 10.1. The molecule has 4 aromatic rings. The molecule has 0 unspecified atom stereocenters. The third-order valence-electron chi connectivity index (χ3n) is 6.46. The van der Waals surface area contributed by atoms with Gasteiger partial charge >= 0.3 is 0 Å². The van der Waals surface area contributed by atoms with E-state index in [9.17, 15) is 14.4 Å². The number of nitrogens with zero attached hydrogens (tertiary/aromatic N) is 2. The summed E-state index contributed by atoms with van der Waals surface area (Å²) in [6.45, 7) is 3.55. The Kier molecular flexibility index (Phi) is 8.55. The molecule has 3 aromatic carbocycles. The van der Waals surface area contributed by atoms with Crippen LogP contribution in [-0.4, -0.2) is 48.1 Å². The molecule has 0 radical (unpaired) electrons. The average molecular weight is 575 g/mol. The zero-order valence-electron chi connectivity index (χ0n) is 22.1. The van der Waals surface area contributed by atoms with E-state index in [1.165, 1.54) is 28.2 Å². The third-order valence-corrected chi connectivity index (χ3v) is 6.70. The minimum Gasteiger partial charge on any atom is -0.484 e. The highest BCUT2D eigenvalue weighted by molar-refractivity contribution is 6.31. The highest BCUT2D eigenvalue weighted by Gasteiger charge is 2.24. The van der Waals surface area contributed by atoms with E-state index >= 15 is 0 Å². The molecule has 210 valence electrons. The number of carbonyl (C=O) groups is 2. The van der Waals surface area contributed by atoms with Gasteiger partial charge in [-0.1, -0.05) is 41.9 Å². The molecule has 1 aliphatic rings. The second-order valence-corrected chi connectivity index (χ2v) is 9.77. The van der Waals surface area contributed by atoms with E-state index in [4.69, 9.17) is 30.2 Å². The minimum absolute atomic E-state index is 0.0608. The molecule has 0 fully saturated rings. The molecule has 1 aliphatic heterocycles. The van der Waals surface area contributed by atoms with Crippen LogP contribution in [0.15, 0.2) is 94.9 Å². The Bertz CT molecular complexity index is 1640. The molecule has 2 amide bonds. The second kappa shape index (κ2) is 12.6. The quantitative estimate of drug-likeness (QED) is 0.237. The standard InChI is InChI=1S/C31H27ClN2O7/c1-2-12-33(30(36)19-38-24-6-4-3-5-7-24)17-29(35)34(15-21-8-10-27-28(13-21)41-20-40-27)16-22-18-39-26-11-9-23(32)14-25(26)31(22)37/h2-11,13-14,18H,1,12,15-17,19-20H2. The van der Waals surface area contributed by atoms with Gasteiger partial charge in [0.15, 0.2) is 23.5 Å². The van der Waals surface area contributed by atoms with Crippen LogP contribution in [0.2, 0.25) is 5.02 Å². The van der Waals surface area contributed by atoms with Crippen LogP contribution in [0.4, 0.5) is 0 Å². The summed E-state index contributed by atoms with van der Waals surface area (Å²) in [5, 5.41) is 0.707. The average Bonchev–Trinajstić information content (AvgIpc) is 3.45. The number of carbonyl (C=O) groups excluding carboxylic acids is 2. The van der Waals surface area contributed by atoms with Gasteiger partial charge in [-0.05, 0) is 48.0 Å². The number of fused-ring (bicyclic) bond motifs is 2. The Hall–Kier alpha value is -4.76. The summed E-state index contributed by atoms with van der Waals surface area (Å²) in [6, 6.07) is 19.1. The Morgan fingerprint density at radius 1 is 0.951 bits per heavy atom. The maximum atomic E-state index is 13.7. The molecular formula is C31H27ClN2O7. The van der Waals surface area contributed by atoms with E-state index in [0.29, 0.717) is 33.2 Å². The van der Waals surface area contributed by atoms with Crippen molar-refractivity contribution in [3.8, 4) is 17.2 Å². The molecule has 9 nitrogen and oxygen atoms in total. The van der Waals surface area contributed by atoms with E-state index in [1.54, 1.807) is 48.5 Å². The maximum Gasteiger partial charge on any atom is 0.261 e. The van der Waals surface area contributed by atoms with E-state index in [0.717, 1.165) is 5.56 Å². The van der Waals surface area contributed by atoms with Crippen LogP contribution in [0, 0.1) is 0 Å². The first-order valence-electron chi connectivity index (χ1n) is 12.8. The Morgan fingerprint density at radius 2 is 1.76 bits per heavy atom. The van der Waals surface area contributed by atoms with Gasteiger partial charge < -0.3 is 28.4 Å². The van der Waals surface area contributed by atoms with Crippen LogP contribution in [0.1, 0.15) is 11.1 Å². The summed E-state index contributed by atoms with van der Waals surface area (Å²) in [4.78, 5) is 42.9. The van der Waals surface area contributed by atoms with E-state index in [2.05, 4.69) is 6.58 Å². The molecule has 0 saturated carbocycles. The predicted octanol–water partition coefficient (Wildman–Crippen LogP) is 4.80. The second-order valence-electron chi connectivity index (χ2n) is 9.33. The maximum absolute atomic E-state index is 13.7. The van der Waals surface area contributed by atoms with E-state index < -0.39 is 0 Å². The molecule has 41 heavy (non-hydrogen) atoms. The molecule has 2 heterocycles. The van der Waals surface area contributed by atoms with Crippen LogP contribution < -0.4 is 19.6 Å². The van der Waals surface area contributed by atoms with Crippen molar-refractivity contribution in [2.24, 2.45) is 0 Å². The Labute approximate surface area is 241 Å². The summed E-state index contributed by atoms with van der Waals surface area (Å²) in [5.74, 6) is 0.947. The van der Waals surface area contributed by atoms with Crippen molar-refractivity contribution in [1.29, 1.82) is 0 Å². The van der Waals surface area contributed by atoms with Gasteiger partial charge in [-0.25, -0.2) is 0 Å². The molecule has 0 saturated heterocycles. The van der Waals surface area contributed by atoms with Crippen molar-refractivity contribution in [1.82, 2.24) is 9.80 Å². The summed E-state index contributed by atoms with van der Waals surface area (Å²) < 4.78 is 22.2. The molecule has 0 N–H and O–H groups in total. The molecular weight excluding hydrogens is 548 g/mol. The Morgan fingerprint density at radius 3 is 2.56 bits per heavy atom. The monoisotopic (exact) mass is 574 g/mol. The number of hydrogen-bond donors (Lipinski definition) is 0. The highest BCUT2D eigenvalue weighted by atomic mass is 35.5. The van der Waals surface area contributed by atoms with Crippen molar-refractivity contribution in [3.63, 3.8) is 0 Å². The smallest absolute Gasteiger partial charge is 0.261 e. The van der Waals surface area contributed by atoms with Gasteiger partial charge in [-0.3, -0.25) is 14.4 Å². The van der Waals surface area contributed by atoms with Gasteiger partial charge in [0.05, 0.1) is 23.8 Å².